The summed E-state index contributed by atoms with van der Waals surface area (Å²) in [5, 5.41) is 5.24. The predicted molar refractivity (Wildman–Crippen MR) is 74.0 cm³/mol. The third-order valence-corrected chi connectivity index (χ3v) is 3.44. The van der Waals surface area contributed by atoms with Crippen LogP contribution in [0.1, 0.15) is 24.8 Å². The monoisotopic (exact) mass is 274 g/mol. The SMILES string of the molecule is CCCNC(=O)C(=O)[C@H]1CNC(=O)[C@@H]1c1ccccc1. The van der Waals surface area contributed by atoms with E-state index >= 15 is 0 Å². The van der Waals surface area contributed by atoms with Gasteiger partial charge in [-0.3, -0.25) is 14.4 Å². The topological polar surface area (TPSA) is 75.3 Å². The number of hydrogen-bond acceptors (Lipinski definition) is 3. The fourth-order valence-corrected chi connectivity index (χ4v) is 2.40. The van der Waals surface area contributed by atoms with Crippen LogP contribution in [-0.2, 0) is 14.4 Å². The van der Waals surface area contributed by atoms with Crippen LogP contribution in [0, 0.1) is 5.92 Å². The summed E-state index contributed by atoms with van der Waals surface area (Å²) >= 11 is 0. The van der Waals surface area contributed by atoms with Crippen LogP contribution in [0.5, 0.6) is 0 Å². The first kappa shape index (κ1) is 14.2. The predicted octanol–water partition coefficient (Wildman–Crippen LogP) is 0.612. The van der Waals surface area contributed by atoms with Crippen molar-refractivity contribution in [1.29, 1.82) is 0 Å². The average Bonchev–Trinajstić information content (AvgIpc) is 2.86. The maximum atomic E-state index is 12.2. The van der Waals surface area contributed by atoms with Crippen LogP contribution in [0.25, 0.3) is 0 Å². The maximum Gasteiger partial charge on any atom is 0.287 e. The van der Waals surface area contributed by atoms with Crippen LogP contribution in [-0.4, -0.2) is 30.7 Å². The molecule has 2 atom stereocenters. The molecule has 0 spiro atoms. The average molecular weight is 274 g/mol. The second-order valence-electron chi connectivity index (χ2n) is 4.86. The van der Waals surface area contributed by atoms with Crippen LogP contribution in [0.15, 0.2) is 30.3 Å². The van der Waals surface area contributed by atoms with Gasteiger partial charge < -0.3 is 10.6 Å². The molecule has 0 bridgehead atoms. The van der Waals surface area contributed by atoms with E-state index in [1.54, 1.807) is 12.1 Å². The standard InChI is InChI=1S/C15H18N2O3/c1-2-8-16-15(20)13(18)11-9-17-14(19)12(11)10-6-4-3-5-7-10/h3-7,11-12H,2,8-9H2,1H3,(H,16,20)(H,17,19)/t11-,12+/m0/s1. The van der Waals surface area contributed by atoms with Crippen LogP contribution < -0.4 is 10.6 Å². The summed E-state index contributed by atoms with van der Waals surface area (Å²) in [6.45, 7) is 2.60. The van der Waals surface area contributed by atoms with Gasteiger partial charge in [-0.25, -0.2) is 0 Å². The van der Waals surface area contributed by atoms with Gasteiger partial charge in [-0.1, -0.05) is 37.3 Å². The van der Waals surface area contributed by atoms with Crippen LogP contribution in [0.2, 0.25) is 0 Å². The molecule has 1 aromatic rings. The molecule has 5 heteroatoms. The molecule has 0 aromatic heterocycles. The molecule has 1 aromatic carbocycles. The van der Waals surface area contributed by atoms with Gasteiger partial charge in [-0.15, -0.1) is 0 Å². The summed E-state index contributed by atoms with van der Waals surface area (Å²) in [6.07, 6.45) is 0.767. The van der Waals surface area contributed by atoms with E-state index in [1.165, 1.54) is 0 Å². The fourth-order valence-electron chi connectivity index (χ4n) is 2.40. The van der Waals surface area contributed by atoms with E-state index < -0.39 is 23.5 Å². The van der Waals surface area contributed by atoms with E-state index in [1.807, 2.05) is 25.1 Å². The number of carbonyl (C=O) groups excluding carboxylic acids is 3. The smallest absolute Gasteiger partial charge is 0.287 e. The van der Waals surface area contributed by atoms with Gasteiger partial charge >= 0.3 is 0 Å². The molecule has 1 fully saturated rings. The first-order valence-electron chi connectivity index (χ1n) is 6.79. The van der Waals surface area contributed by atoms with Gasteiger partial charge in [0.15, 0.2) is 0 Å². The van der Waals surface area contributed by atoms with Crippen molar-refractivity contribution < 1.29 is 14.4 Å². The molecule has 0 saturated carbocycles. The third kappa shape index (κ3) is 2.87. The molecule has 106 valence electrons. The maximum absolute atomic E-state index is 12.2. The van der Waals surface area contributed by atoms with Gasteiger partial charge in [0.25, 0.3) is 5.91 Å². The molecule has 2 amide bonds. The first-order chi connectivity index (χ1) is 9.65. The van der Waals surface area contributed by atoms with Gasteiger partial charge in [0.05, 0.1) is 11.8 Å². The van der Waals surface area contributed by atoms with Crippen molar-refractivity contribution in [3.05, 3.63) is 35.9 Å². The zero-order valence-corrected chi connectivity index (χ0v) is 11.4. The van der Waals surface area contributed by atoms with Crippen molar-refractivity contribution >= 4 is 17.6 Å². The van der Waals surface area contributed by atoms with Gasteiger partial charge in [-0.05, 0) is 12.0 Å². The Balaban J connectivity index is 2.16. The van der Waals surface area contributed by atoms with Gasteiger partial charge in [0.2, 0.25) is 11.7 Å². The quantitative estimate of drug-likeness (QED) is 0.773. The Morgan fingerprint density at radius 3 is 2.65 bits per heavy atom. The van der Waals surface area contributed by atoms with E-state index in [0.29, 0.717) is 6.54 Å². The number of Topliss-reactive ketones (excluding diaryl/α,β-unsaturated/α-hetero) is 1. The molecule has 0 unspecified atom stereocenters. The lowest BCUT2D eigenvalue weighted by atomic mass is 9.85. The Morgan fingerprint density at radius 1 is 1.30 bits per heavy atom. The highest BCUT2D eigenvalue weighted by atomic mass is 16.2. The number of ketones is 1. The van der Waals surface area contributed by atoms with Crippen molar-refractivity contribution in [2.75, 3.05) is 13.1 Å². The lowest BCUT2D eigenvalue weighted by Crippen LogP contribution is -2.38. The Kier molecular flexibility index (Phi) is 4.50. The molecule has 2 N–H and O–H groups in total. The molecule has 0 aliphatic carbocycles. The molecule has 2 rings (SSSR count). The molecule has 1 aliphatic heterocycles. The van der Waals surface area contributed by atoms with Crippen molar-refractivity contribution in [3.8, 4) is 0 Å². The van der Waals surface area contributed by atoms with Crippen molar-refractivity contribution in [2.24, 2.45) is 5.92 Å². The minimum absolute atomic E-state index is 0.196. The Bertz CT molecular complexity index is 513. The van der Waals surface area contributed by atoms with E-state index in [9.17, 15) is 14.4 Å². The van der Waals surface area contributed by atoms with Gasteiger partial charge in [0, 0.05) is 13.1 Å². The normalized spacial score (nSPS) is 21.4. The summed E-state index contributed by atoms with van der Waals surface area (Å²) in [5.74, 6) is -2.52. The highest BCUT2D eigenvalue weighted by Crippen LogP contribution is 2.29. The van der Waals surface area contributed by atoms with Crippen LogP contribution in [0.3, 0.4) is 0 Å². The van der Waals surface area contributed by atoms with Gasteiger partial charge in [0.1, 0.15) is 0 Å². The Morgan fingerprint density at radius 2 is 2.00 bits per heavy atom. The van der Waals surface area contributed by atoms with Crippen LogP contribution in [0.4, 0.5) is 0 Å². The second-order valence-corrected chi connectivity index (χ2v) is 4.86. The summed E-state index contributed by atoms with van der Waals surface area (Å²) in [6, 6.07) is 9.10. The first-order valence-corrected chi connectivity index (χ1v) is 6.79. The number of carbonyl (C=O) groups is 3. The number of benzene rings is 1. The minimum atomic E-state index is -0.623. The lowest BCUT2D eigenvalue weighted by Gasteiger charge is -2.15. The third-order valence-electron chi connectivity index (χ3n) is 3.44. The largest absolute Gasteiger partial charge is 0.355 e. The summed E-state index contributed by atoms with van der Waals surface area (Å²) in [5.41, 5.74) is 0.768. The Hall–Kier alpha value is -2.17. The van der Waals surface area contributed by atoms with Crippen molar-refractivity contribution in [1.82, 2.24) is 10.6 Å². The van der Waals surface area contributed by atoms with Gasteiger partial charge in [-0.2, -0.15) is 0 Å². The second kappa shape index (κ2) is 6.32. The summed E-state index contributed by atoms with van der Waals surface area (Å²) in [7, 11) is 0. The minimum Gasteiger partial charge on any atom is -0.355 e. The Labute approximate surface area is 117 Å². The number of nitrogens with one attached hydrogen (secondary N) is 2. The molecular formula is C15H18N2O3. The van der Waals surface area contributed by atoms with E-state index in [4.69, 9.17) is 0 Å². The highest BCUT2D eigenvalue weighted by molar-refractivity contribution is 6.37. The molecular weight excluding hydrogens is 256 g/mol. The molecule has 1 saturated heterocycles. The summed E-state index contributed by atoms with van der Waals surface area (Å²) < 4.78 is 0. The lowest BCUT2D eigenvalue weighted by molar-refractivity contribution is -0.140. The summed E-state index contributed by atoms with van der Waals surface area (Å²) in [4.78, 5) is 35.9. The zero-order valence-electron chi connectivity index (χ0n) is 11.4. The van der Waals surface area contributed by atoms with E-state index in [-0.39, 0.29) is 12.5 Å². The van der Waals surface area contributed by atoms with Crippen molar-refractivity contribution in [2.45, 2.75) is 19.3 Å². The number of amides is 2. The zero-order chi connectivity index (χ0) is 14.5. The molecule has 0 radical (unpaired) electrons. The molecule has 1 heterocycles. The highest BCUT2D eigenvalue weighted by Gasteiger charge is 2.42. The molecule has 1 aliphatic rings. The fraction of sp³-hybridized carbons (Fsp3) is 0.400. The van der Waals surface area contributed by atoms with Crippen LogP contribution >= 0.6 is 0 Å². The van der Waals surface area contributed by atoms with E-state index in [0.717, 1.165) is 12.0 Å². The van der Waals surface area contributed by atoms with Crippen molar-refractivity contribution in [3.63, 3.8) is 0 Å². The molecule has 5 nitrogen and oxygen atoms in total. The number of rotatable bonds is 5. The molecule has 20 heavy (non-hydrogen) atoms. The number of hydrogen-bond donors (Lipinski definition) is 2. The van der Waals surface area contributed by atoms with E-state index in [2.05, 4.69) is 10.6 Å².